The minimum absolute atomic E-state index is 0.00614. The Morgan fingerprint density at radius 3 is 0.953 bits per heavy atom. The Bertz CT molecular complexity index is 913. The summed E-state index contributed by atoms with van der Waals surface area (Å²) in [7, 11) is 0. The monoisotopic (exact) mass is 906 g/mol. The Kier molecular flexibility index (Phi) is 53.5. The van der Waals surface area contributed by atoms with Gasteiger partial charge < -0.3 is 20.3 Å². The first kappa shape index (κ1) is 62.9. The van der Waals surface area contributed by atoms with Gasteiger partial charge in [-0.05, 0) is 25.7 Å². The maximum atomic E-state index is 12.5. The molecule has 0 saturated heterocycles. The number of aliphatic hydroxyl groups excluding tert-OH is 2. The highest BCUT2D eigenvalue weighted by atomic mass is 16.5. The number of unbranched alkanes of at least 4 members (excludes halogenated alkanes) is 44. The van der Waals surface area contributed by atoms with E-state index >= 15 is 0 Å². The number of ether oxygens (including phenoxy) is 1. The van der Waals surface area contributed by atoms with Gasteiger partial charge in [-0.3, -0.25) is 9.59 Å². The topological polar surface area (TPSA) is 95.9 Å². The average molecular weight is 907 g/mol. The van der Waals surface area contributed by atoms with Gasteiger partial charge >= 0.3 is 5.97 Å². The maximum absolute atomic E-state index is 12.5. The van der Waals surface area contributed by atoms with Crippen LogP contribution in [-0.2, 0) is 14.3 Å². The molecule has 0 aliphatic rings. The van der Waals surface area contributed by atoms with E-state index in [1.165, 1.54) is 263 Å². The van der Waals surface area contributed by atoms with Gasteiger partial charge in [0.1, 0.15) is 0 Å². The fraction of sp³-hybridized carbons (Fsp3) is 0.966. The number of carbonyl (C=O) groups is 2. The van der Waals surface area contributed by atoms with Crippen molar-refractivity contribution in [2.45, 2.75) is 347 Å². The van der Waals surface area contributed by atoms with Gasteiger partial charge in [0, 0.05) is 12.8 Å². The van der Waals surface area contributed by atoms with Gasteiger partial charge in [-0.25, -0.2) is 0 Å². The van der Waals surface area contributed by atoms with Crippen molar-refractivity contribution in [2.75, 3.05) is 13.2 Å². The molecule has 0 heterocycles. The van der Waals surface area contributed by atoms with E-state index in [2.05, 4.69) is 19.2 Å². The minimum Gasteiger partial charge on any atom is -0.466 e. The maximum Gasteiger partial charge on any atom is 0.305 e. The van der Waals surface area contributed by atoms with Gasteiger partial charge in [-0.1, -0.05) is 296 Å². The lowest BCUT2D eigenvalue weighted by Crippen LogP contribution is -2.45. The fourth-order valence-electron chi connectivity index (χ4n) is 9.41. The first-order chi connectivity index (χ1) is 31.5. The number of nitrogens with one attached hydrogen (secondary N) is 1. The van der Waals surface area contributed by atoms with E-state index in [9.17, 15) is 19.8 Å². The summed E-state index contributed by atoms with van der Waals surface area (Å²) in [6.45, 7) is 4.97. The molecule has 382 valence electrons. The van der Waals surface area contributed by atoms with Crippen LogP contribution in [0.3, 0.4) is 0 Å². The lowest BCUT2D eigenvalue weighted by molar-refractivity contribution is -0.143. The van der Waals surface area contributed by atoms with Gasteiger partial charge in [0.25, 0.3) is 0 Å². The second-order valence-electron chi connectivity index (χ2n) is 20.3. The van der Waals surface area contributed by atoms with E-state index < -0.39 is 12.1 Å². The first-order valence-electron chi connectivity index (χ1n) is 29.3. The summed E-state index contributed by atoms with van der Waals surface area (Å²) in [5, 5.41) is 23.3. The van der Waals surface area contributed by atoms with E-state index in [-0.39, 0.29) is 18.5 Å². The van der Waals surface area contributed by atoms with Crippen LogP contribution < -0.4 is 5.32 Å². The van der Waals surface area contributed by atoms with Crippen LogP contribution in [-0.4, -0.2) is 47.4 Å². The third-order valence-corrected chi connectivity index (χ3v) is 13.9. The minimum atomic E-state index is -0.667. The summed E-state index contributed by atoms with van der Waals surface area (Å²) in [4.78, 5) is 24.5. The van der Waals surface area contributed by atoms with Crippen molar-refractivity contribution in [3.63, 3.8) is 0 Å². The second-order valence-corrected chi connectivity index (χ2v) is 20.3. The molecular weight excluding hydrogens is 791 g/mol. The molecule has 0 fully saturated rings. The second kappa shape index (κ2) is 54.5. The Morgan fingerprint density at radius 1 is 0.375 bits per heavy atom. The van der Waals surface area contributed by atoms with E-state index in [1.807, 2.05) is 0 Å². The standard InChI is InChI=1S/C58H115NO5/c1-3-5-7-9-11-13-15-16-17-18-19-21-24-27-31-34-38-42-46-50-56(61)55(54-60)59-57(62)51-47-43-39-35-32-28-25-22-20-23-26-29-33-37-41-45-49-53-64-58(63)52-48-44-40-36-30-14-12-10-8-6-4-2/h55-56,60-61H,3-54H2,1-2H3,(H,59,62). The molecule has 0 aliphatic heterocycles. The smallest absolute Gasteiger partial charge is 0.305 e. The van der Waals surface area contributed by atoms with Crippen LogP contribution in [0.2, 0.25) is 0 Å². The van der Waals surface area contributed by atoms with Crippen molar-refractivity contribution >= 4 is 11.9 Å². The number of rotatable bonds is 55. The number of amides is 1. The normalized spacial score (nSPS) is 12.5. The zero-order chi connectivity index (χ0) is 46.5. The third-order valence-electron chi connectivity index (χ3n) is 13.9. The van der Waals surface area contributed by atoms with Gasteiger partial charge in [-0.2, -0.15) is 0 Å². The highest BCUT2D eigenvalue weighted by Gasteiger charge is 2.20. The molecule has 64 heavy (non-hydrogen) atoms. The van der Waals surface area contributed by atoms with Crippen molar-refractivity contribution < 1.29 is 24.5 Å². The summed E-state index contributed by atoms with van der Waals surface area (Å²) in [5.41, 5.74) is 0. The fourth-order valence-corrected chi connectivity index (χ4v) is 9.41. The zero-order valence-corrected chi connectivity index (χ0v) is 43.5. The lowest BCUT2D eigenvalue weighted by atomic mass is 10.0. The predicted octanol–water partition coefficient (Wildman–Crippen LogP) is 17.9. The Balaban J connectivity index is 3.41. The highest BCUT2D eigenvalue weighted by molar-refractivity contribution is 5.76. The van der Waals surface area contributed by atoms with Crippen LogP contribution in [0.5, 0.6) is 0 Å². The Labute approximate surface area is 400 Å². The van der Waals surface area contributed by atoms with Crippen molar-refractivity contribution in [1.29, 1.82) is 0 Å². The average Bonchev–Trinajstić information content (AvgIpc) is 3.29. The summed E-state index contributed by atoms with van der Waals surface area (Å²) in [6.07, 6.45) is 62.3. The highest BCUT2D eigenvalue weighted by Crippen LogP contribution is 2.18. The van der Waals surface area contributed by atoms with E-state index in [1.54, 1.807) is 0 Å². The molecule has 2 unspecified atom stereocenters. The molecule has 0 aromatic carbocycles. The Morgan fingerprint density at radius 2 is 0.641 bits per heavy atom. The number of hydrogen-bond donors (Lipinski definition) is 3. The van der Waals surface area contributed by atoms with Gasteiger partial charge in [0.15, 0.2) is 0 Å². The van der Waals surface area contributed by atoms with Crippen LogP contribution in [0.25, 0.3) is 0 Å². The van der Waals surface area contributed by atoms with E-state index in [0.717, 1.165) is 38.5 Å². The molecule has 2 atom stereocenters. The molecule has 0 aromatic rings. The molecule has 0 saturated carbocycles. The summed E-state index contributed by atoms with van der Waals surface area (Å²) in [6, 6.07) is -0.544. The van der Waals surface area contributed by atoms with Crippen LogP contribution in [0.15, 0.2) is 0 Å². The molecule has 0 spiro atoms. The molecule has 0 radical (unpaired) electrons. The molecule has 0 bridgehead atoms. The summed E-state index contributed by atoms with van der Waals surface area (Å²) >= 11 is 0. The van der Waals surface area contributed by atoms with Crippen molar-refractivity contribution in [1.82, 2.24) is 5.32 Å². The molecule has 0 rings (SSSR count). The van der Waals surface area contributed by atoms with Crippen molar-refractivity contribution in [3.8, 4) is 0 Å². The van der Waals surface area contributed by atoms with Gasteiger partial charge in [0.05, 0.1) is 25.4 Å². The number of carbonyl (C=O) groups excluding carboxylic acids is 2. The van der Waals surface area contributed by atoms with E-state index in [4.69, 9.17) is 4.74 Å². The van der Waals surface area contributed by atoms with E-state index in [0.29, 0.717) is 25.9 Å². The Hall–Kier alpha value is -1.14. The van der Waals surface area contributed by atoms with Gasteiger partial charge in [0.2, 0.25) is 5.91 Å². The van der Waals surface area contributed by atoms with Crippen LogP contribution in [0.1, 0.15) is 335 Å². The molecule has 0 aromatic heterocycles. The van der Waals surface area contributed by atoms with Crippen LogP contribution in [0, 0.1) is 0 Å². The summed E-state index contributed by atoms with van der Waals surface area (Å²) < 4.78 is 5.46. The number of esters is 1. The molecule has 0 aliphatic carbocycles. The number of hydrogen-bond acceptors (Lipinski definition) is 5. The summed E-state index contributed by atoms with van der Waals surface area (Å²) in [5.74, 6) is -0.0303. The molecular formula is C58H115NO5. The van der Waals surface area contributed by atoms with Gasteiger partial charge in [-0.15, -0.1) is 0 Å². The molecule has 3 N–H and O–H groups in total. The predicted molar refractivity (Wildman–Crippen MR) is 278 cm³/mol. The van der Waals surface area contributed by atoms with Crippen molar-refractivity contribution in [2.24, 2.45) is 0 Å². The molecule has 1 amide bonds. The quantitative estimate of drug-likeness (QED) is 0.0417. The largest absolute Gasteiger partial charge is 0.466 e. The molecule has 6 nitrogen and oxygen atoms in total. The first-order valence-corrected chi connectivity index (χ1v) is 29.3. The molecule has 6 heteroatoms. The SMILES string of the molecule is CCCCCCCCCCCCCCCCCCCCCC(O)C(CO)NC(=O)CCCCCCCCCCCCCCCCCCCOC(=O)CCCCCCCCCCCCC. The zero-order valence-electron chi connectivity index (χ0n) is 43.5. The lowest BCUT2D eigenvalue weighted by Gasteiger charge is -2.22. The number of aliphatic hydroxyl groups is 2. The van der Waals surface area contributed by atoms with Crippen LogP contribution in [0.4, 0.5) is 0 Å². The van der Waals surface area contributed by atoms with Crippen molar-refractivity contribution in [3.05, 3.63) is 0 Å². The third kappa shape index (κ3) is 50.3. The van der Waals surface area contributed by atoms with Crippen LogP contribution >= 0.6 is 0 Å².